The van der Waals surface area contributed by atoms with Crippen LogP contribution in [0.4, 0.5) is 5.13 Å². The first-order valence-corrected chi connectivity index (χ1v) is 7.68. The molecule has 0 unspecified atom stereocenters. The van der Waals surface area contributed by atoms with Gasteiger partial charge in [-0.1, -0.05) is 11.3 Å². The van der Waals surface area contributed by atoms with Crippen molar-refractivity contribution in [2.75, 3.05) is 27.1 Å². The second-order valence-electron chi connectivity index (χ2n) is 4.61. The van der Waals surface area contributed by atoms with Crippen molar-refractivity contribution in [1.82, 2.24) is 10.4 Å². The van der Waals surface area contributed by atoms with Gasteiger partial charge in [0.1, 0.15) is 10.6 Å². The van der Waals surface area contributed by atoms with Crippen molar-refractivity contribution in [3.8, 4) is 17.2 Å². The Labute approximate surface area is 143 Å². The normalized spacial score (nSPS) is 10.7. The average molecular weight is 350 g/mol. The molecule has 0 radical (unpaired) electrons. The van der Waals surface area contributed by atoms with Gasteiger partial charge in [0.05, 0.1) is 33.2 Å². The van der Waals surface area contributed by atoms with E-state index in [1.807, 2.05) is 0 Å². The molecule has 2 aromatic rings. The summed E-state index contributed by atoms with van der Waals surface area (Å²) >= 11 is 1.11. The summed E-state index contributed by atoms with van der Waals surface area (Å²) in [4.78, 5) is 16.5. The standard InChI is InChI=1S/C15H18N4O4S/c1-8-13(24-15(16)18-8)14(20)19-17-7-9-5-11(22-3)12(23-4)6-10(9)21-2/h5-7H,1-4H3,(H2,16,18)(H,19,20)/b17-7-. The molecule has 0 aliphatic carbocycles. The molecule has 1 amide bonds. The Balaban J connectivity index is 2.19. The van der Waals surface area contributed by atoms with Crippen molar-refractivity contribution in [1.29, 1.82) is 0 Å². The minimum atomic E-state index is -0.377. The highest BCUT2D eigenvalue weighted by Crippen LogP contribution is 2.33. The molecular formula is C15H18N4O4S. The lowest BCUT2D eigenvalue weighted by Crippen LogP contribution is -2.17. The van der Waals surface area contributed by atoms with Crippen molar-refractivity contribution >= 4 is 28.6 Å². The summed E-state index contributed by atoms with van der Waals surface area (Å²) in [5, 5.41) is 4.28. The minimum Gasteiger partial charge on any atom is -0.496 e. The number of nitrogens with zero attached hydrogens (tertiary/aromatic N) is 2. The number of nitrogen functional groups attached to an aromatic ring is 1. The van der Waals surface area contributed by atoms with E-state index in [0.29, 0.717) is 38.5 Å². The van der Waals surface area contributed by atoms with E-state index in [0.717, 1.165) is 11.3 Å². The van der Waals surface area contributed by atoms with Crippen LogP contribution in [0, 0.1) is 6.92 Å². The lowest BCUT2D eigenvalue weighted by molar-refractivity contribution is 0.0958. The van der Waals surface area contributed by atoms with Crippen LogP contribution in [0.1, 0.15) is 20.9 Å². The summed E-state index contributed by atoms with van der Waals surface area (Å²) < 4.78 is 15.7. The van der Waals surface area contributed by atoms with Gasteiger partial charge in [-0.15, -0.1) is 0 Å². The van der Waals surface area contributed by atoms with Crippen LogP contribution < -0.4 is 25.4 Å². The lowest BCUT2D eigenvalue weighted by Gasteiger charge is -2.11. The molecule has 0 atom stereocenters. The van der Waals surface area contributed by atoms with Crippen LogP contribution >= 0.6 is 11.3 Å². The predicted molar refractivity (Wildman–Crippen MR) is 92.4 cm³/mol. The summed E-state index contributed by atoms with van der Waals surface area (Å²) in [6.07, 6.45) is 1.46. The van der Waals surface area contributed by atoms with E-state index >= 15 is 0 Å². The fourth-order valence-corrected chi connectivity index (χ4v) is 2.72. The Morgan fingerprint density at radius 1 is 1.21 bits per heavy atom. The largest absolute Gasteiger partial charge is 0.496 e. The third-order valence-corrected chi connectivity index (χ3v) is 4.11. The van der Waals surface area contributed by atoms with Crippen molar-refractivity contribution in [2.24, 2.45) is 5.10 Å². The molecule has 0 bridgehead atoms. The molecule has 1 aromatic heterocycles. The van der Waals surface area contributed by atoms with Gasteiger partial charge >= 0.3 is 0 Å². The zero-order valence-corrected chi connectivity index (χ0v) is 14.6. The van der Waals surface area contributed by atoms with E-state index in [1.54, 1.807) is 19.1 Å². The van der Waals surface area contributed by atoms with Crippen molar-refractivity contribution < 1.29 is 19.0 Å². The first-order chi connectivity index (χ1) is 11.5. The second kappa shape index (κ2) is 7.64. The number of benzene rings is 1. The SMILES string of the molecule is COc1cc(OC)c(OC)cc1/C=N\NC(=O)c1sc(N)nc1C. The average Bonchev–Trinajstić information content (AvgIpc) is 2.92. The number of methoxy groups -OCH3 is 3. The highest BCUT2D eigenvalue weighted by Gasteiger charge is 2.14. The van der Waals surface area contributed by atoms with Gasteiger partial charge < -0.3 is 19.9 Å². The summed E-state index contributed by atoms with van der Waals surface area (Å²) in [5.41, 5.74) is 9.20. The summed E-state index contributed by atoms with van der Waals surface area (Å²) in [6.45, 7) is 1.71. The molecule has 0 spiro atoms. The van der Waals surface area contributed by atoms with Crippen LogP contribution in [0.5, 0.6) is 17.2 Å². The van der Waals surface area contributed by atoms with Crippen LogP contribution in [-0.2, 0) is 0 Å². The number of hydrogen-bond donors (Lipinski definition) is 2. The number of nitrogens with two attached hydrogens (primary N) is 1. The highest BCUT2D eigenvalue weighted by atomic mass is 32.1. The number of ether oxygens (including phenoxy) is 3. The maximum Gasteiger partial charge on any atom is 0.283 e. The number of nitrogens with one attached hydrogen (secondary N) is 1. The zero-order chi connectivity index (χ0) is 17.7. The number of rotatable bonds is 6. The smallest absolute Gasteiger partial charge is 0.283 e. The quantitative estimate of drug-likeness (QED) is 0.608. The number of thiazole rings is 1. The number of hydrogen-bond acceptors (Lipinski definition) is 8. The first kappa shape index (κ1) is 17.5. The molecule has 2 rings (SSSR count). The Morgan fingerprint density at radius 2 is 1.83 bits per heavy atom. The van der Waals surface area contributed by atoms with Gasteiger partial charge in [-0.3, -0.25) is 4.79 Å². The molecule has 0 aliphatic rings. The van der Waals surface area contributed by atoms with E-state index in [-0.39, 0.29) is 5.91 Å². The molecule has 0 aliphatic heterocycles. The number of amides is 1. The molecule has 0 fully saturated rings. The number of anilines is 1. The van der Waals surface area contributed by atoms with E-state index in [9.17, 15) is 4.79 Å². The lowest BCUT2D eigenvalue weighted by atomic mass is 10.2. The number of carbonyl (C=O) groups is 1. The van der Waals surface area contributed by atoms with E-state index in [4.69, 9.17) is 19.9 Å². The van der Waals surface area contributed by atoms with Crippen LogP contribution in [0.15, 0.2) is 17.2 Å². The summed E-state index contributed by atoms with van der Waals surface area (Å²) in [5.74, 6) is 1.21. The summed E-state index contributed by atoms with van der Waals surface area (Å²) in [6, 6.07) is 3.37. The van der Waals surface area contributed by atoms with Gasteiger partial charge in [0, 0.05) is 11.6 Å². The minimum absolute atomic E-state index is 0.336. The molecule has 1 heterocycles. The molecule has 9 heteroatoms. The van der Waals surface area contributed by atoms with Gasteiger partial charge in [0.2, 0.25) is 0 Å². The number of hydrazone groups is 1. The zero-order valence-electron chi connectivity index (χ0n) is 13.7. The highest BCUT2D eigenvalue weighted by molar-refractivity contribution is 7.17. The molecule has 3 N–H and O–H groups in total. The Hall–Kier alpha value is -2.81. The van der Waals surface area contributed by atoms with Crippen molar-refractivity contribution in [2.45, 2.75) is 6.92 Å². The molecule has 24 heavy (non-hydrogen) atoms. The van der Waals surface area contributed by atoms with Gasteiger partial charge in [0.15, 0.2) is 16.6 Å². The number of aryl methyl sites for hydroxylation is 1. The van der Waals surface area contributed by atoms with Gasteiger partial charge in [-0.05, 0) is 13.0 Å². The number of carbonyl (C=O) groups excluding carboxylic acids is 1. The molecule has 128 valence electrons. The Kier molecular flexibility index (Phi) is 5.59. The fraction of sp³-hybridized carbons (Fsp3) is 0.267. The monoisotopic (exact) mass is 350 g/mol. The van der Waals surface area contributed by atoms with E-state index in [2.05, 4.69) is 15.5 Å². The summed E-state index contributed by atoms with van der Waals surface area (Å²) in [7, 11) is 4.60. The van der Waals surface area contributed by atoms with E-state index in [1.165, 1.54) is 27.5 Å². The molecular weight excluding hydrogens is 332 g/mol. The first-order valence-electron chi connectivity index (χ1n) is 6.86. The van der Waals surface area contributed by atoms with Crippen molar-refractivity contribution in [3.63, 3.8) is 0 Å². The third kappa shape index (κ3) is 3.74. The number of aromatic nitrogens is 1. The van der Waals surface area contributed by atoms with Crippen LogP contribution in [0.3, 0.4) is 0 Å². The fourth-order valence-electron chi connectivity index (χ4n) is 1.99. The molecule has 0 saturated heterocycles. The molecule has 0 saturated carbocycles. The van der Waals surface area contributed by atoms with Gasteiger partial charge in [-0.25, -0.2) is 10.4 Å². The van der Waals surface area contributed by atoms with Crippen LogP contribution in [0.25, 0.3) is 0 Å². The van der Waals surface area contributed by atoms with Crippen LogP contribution in [0.2, 0.25) is 0 Å². The van der Waals surface area contributed by atoms with E-state index < -0.39 is 0 Å². The third-order valence-electron chi connectivity index (χ3n) is 3.12. The van der Waals surface area contributed by atoms with Gasteiger partial charge in [0.25, 0.3) is 5.91 Å². The van der Waals surface area contributed by atoms with Crippen molar-refractivity contribution in [3.05, 3.63) is 28.3 Å². The van der Waals surface area contributed by atoms with Crippen LogP contribution in [-0.4, -0.2) is 38.4 Å². The maximum absolute atomic E-state index is 12.1. The molecule has 1 aromatic carbocycles. The predicted octanol–water partition coefficient (Wildman–Crippen LogP) is 1.82. The molecule has 8 nitrogen and oxygen atoms in total. The topological polar surface area (TPSA) is 108 Å². The Morgan fingerprint density at radius 3 is 2.38 bits per heavy atom. The maximum atomic E-state index is 12.1. The second-order valence-corrected chi connectivity index (χ2v) is 5.65. The Bertz CT molecular complexity index is 773. The van der Waals surface area contributed by atoms with Gasteiger partial charge in [-0.2, -0.15) is 5.10 Å².